The number of aliphatic imine (C=N–C) groups is 1. The molecule has 0 bridgehead atoms. The van der Waals surface area contributed by atoms with E-state index in [1.54, 1.807) is 34.4 Å². The number of thioether (sulfide) groups is 1. The van der Waals surface area contributed by atoms with Gasteiger partial charge in [-0.2, -0.15) is 0 Å². The van der Waals surface area contributed by atoms with E-state index in [1.807, 2.05) is 18.6 Å². The molecule has 9 nitrogen and oxygen atoms in total. The molecule has 0 saturated carbocycles. The fraction of sp³-hybridized carbons (Fsp3) is 0.545. The minimum absolute atomic E-state index is 0.751. The van der Waals surface area contributed by atoms with E-state index in [1.165, 1.54) is 5.57 Å². The van der Waals surface area contributed by atoms with Gasteiger partial charge in [-0.15, -0.1) is 0 Å². The SMILES string of the molecule is C1=NC(=[N+]2CCOCC2)SC1=C(c1cnc(N2CCOCC2)s1)c1cnc(N2CCOCC2)s1. The van der Waals surface area contributed by atoms with Crippen LogP contribution in [0.3, 0.4) is 0 Å². The van der Waals surface area contributed by atoms with Crippen LogP contribution in [0, 0.1) is 0 Å². The maximum Gasteiger partial charge on any atom is 0.359 e. The topological polar surface area (TPSA) is 75.3 Å². The lowest BCUT2D eigenvalue weighted by Crippen LogP contribution is -2.36. The van der Waals surface area contributed by atoms with Gasteiger partial charge in [0.25, 0.3) is 0 Å². The summed E-state index contributed by atoms with van der Waals surface area (Å²) >= 11 is 5.22. The number of ether oxygens (including phenoxy) is 3. The van der Waals surface area contributed by atoms with Crippen LogP contribution in [-0.2, 0) is 14.2 Å². The maximum atomic E-state index is 5.52. The molecule has 0 N–H and O–H groups in total. The molecule has 12 heteroatoms. The predicted octanol–water partition coefficient (Wildman–Crippen LogP) is 2.25. The molecule has 0 aromatic carbocycles. The number of nitrogens with zero attached hydrogens (tertiary/aromatic N) is 6. The van der Waals surface area contributed by atoms with Gasteiger partial charge in [-0.3, -0.25) is 0 Å². The summed E-state index contributed by atoms with van der Waals surface area (Å²) in [5, 5.41) is 3.14. The smallest absolute Gasteiger partial charge is 0.359 e. The molecule has 3 saturated heterocycles. The van der Waals surface area contributed by atoms with Crippen molar-refractivity contribution in [3.63, 3.8) is 0 Å². The molecule has 2 aromatic rings. The molecule has 0 spiro atoms. The number of aromatic nitrogens is 2. The Bertz CT molecular complexity index is 1050. The van der Waals surface area contributed by atoms with Crippen molar-refractivity contribution < 1.29 is 18.8 Å². The largest absolute Gasteiger partial charge is 0.378 e. The van der Waals surface area contributed by atoms with E-state index in [4.69, 9.17) is 29.2 Å². The van der Waals surface area contributed by atoms with Crippen LogP contribution in [0.4, 0.5) is 10.3 Å². The highest BCUT2D eigenvalue weighted by atomic mass is 32.2. The normalized spacial score (nSPS) is 21.6. The van der Waals surface area contributed by atoms with Gasteiger partial charge >= 0.3 is 5.17 Å². The van der Waals surface area contributed by atoms with Crippen LogP contribution in [0.1, 0.15) is 9.75 Å². The van der Waals surface area contributed by atoms with Crippen molar-refractivity contribution >= 4 is 61.7 Å². The van der Waals surface area contributed by atoms with Crippen molar-refractivity contribution in [3.8, 4) is 0 Å². The van der Waals surface area contributed by atoms with Crippen LogP contribution in [-0.4, -0.2) is 105 Å². The fourth-order valence-corrected chi connectivity index (χ4v) is 7.53. The van der Waals surface area contributed by atoms with Crippen molar-refractivity contribution in [3.05, 3.63) is 27.1 Å². The zero-order valence-corrected chi connectivity index (χ0v) is 21.3. The second-order valence-electron chi connectivity index (χ2n) is 8.19. The Morgan fingerprint density at radius 2 is 1.29 bits per heavy atom. The number of thiazole rings is 2. The Morgan fingerprint density at radius 1 is 0.765 bits per heavy atom. The number of morpholine rings is 3. The van der Waals surface area contributed by atoms with Gasteiger partial charge in [0.2, 0.25) is 0 Å². The first-order valence-electron chi connectivity index (χ1n) is 11.6. The molecular formula is C22H27N6O3S3+. The van der Waals surface area contributed by atoms with E-state index >= 15 is 0 Å². The number of hydrogen-bond donors (Lipinski definition) is 0. The van der Waals surface area contributed by atoms with Crippen molar-refractivity contribution in [2.45, 2.75) is 0 Å². The molecule has 0 radical (unpaired) electrons. The molecule has 2 aromatic heterocycles. The van der Waals surface area contributed by atoms with Crippen molar-refractivity contribution in [1.29, 1.82) is 0 Å². The highest BCUT2D eigenvalue weighted by Gasteiger charge is 2.30. The molecule has 4 aliphatic heterocycles. The molecule has 0 unspecified atom stereocenters. The maximum absolute atomic E-state index is 5.52. The van der Waals surface area contributed by atoms with Gasteiger partial charge in [0, 0.05) is 55.9 Å². The van der Waals surface area contributed by atoms with Crippen LogP contribution in [0.15, 0.2) is 22.3 Å². The van der Waals surface area contributed by atoms with E-state index in [2.05, 4.69) is 14.4 Å². The van der Waals surface area contributed by atoms with Gasteiger partial charge in [-0.1, -0.05) is 22.7 Å². The Morgan fingerprint density at radius 3 is 1.85 bits per heavy atom. The monoisotopic (exact) mass is 519 g/mol. The minimum atomic E-state index is 0.751. The third-order valence-electron chi connectivity index (χ3n) is 6.06. The molecule has 6 rings (SSSR count). The average Bonchev–Trinajstić information content (AvgIpc) is 3.68. The van der Waals surface area contributed by atoms with Gasteiger partial charge in [-0.25, -0.2) is 14.5 Å². The lowest BCUT2D eigenvalue weighted by atomic mass is 10.2. The number of anilines is 2. The third-order valence-corrected chi connectivity index (χ3v) is 9.29. The first kappa shape index (κ1) is 22.6. The van der Waals surface area contributed by atoms with Gasteiger partial charge in [0.05, 0.1) is 54.3 Å². The first-order chi connectivity index (χ1) is 16.8. The lowest BCUT2D eigenvalue weighted by Gasteiger charge is -2.26. The lowest BCUT2D eigenvalue weighted by molar-refractivity contribution is -0.547. The van der Waals surface area contributed by atoms with Crippen LogP contribution in [0.2, 0.25) is 0 Å². The second kappa shape index (κ2) is 10.4. The number of allylic oxidation sites excluding steroid dienone is 1. The summed E-state index contributed by atoms with van der Waals surface area (Å²) in [7, 11) is 0. The third kappa shape index (κ3) is 4.79. The summed E-state index contributed by atoms with van der Waals surface area (Å²) in [5.41, 5.74) is 1.17. The number of hydrogen-bond acceptors (Lipinski definition) is 10. The summed E-state index contributed by atoms with van der Waals surface area (Å²) in [6.07, 6.45) is 6.02. The highest BCUT2D eigenvalue weighted by Crippen LogP contribution is 2.42. The van der Waals surface area contributed by atoms with Gasteiger partial charge < -0.3 is 24.0 Å². The molecule has 3 fully saturated rings. The molecule has 4 aliphatic rings. The zero-order valence-electron chi connectivity index (χ0n) is 18.9. The van der Waals surface area contributed by atoms with E-state index < -0.39 is 0 Å². The molecule has 6 heterocycles. The Balaban J connectivity index is 1.35. The second-order valence-corrected chi connectivity index (χ2v) is 11.2. The summed E-state index contributed by atoms with van der Waals surface area (Å²) in [5.74, 6) is 0. The minimum Gasteiger partial charge on any atom is -0.378 e. The summed E-state index contributed by atoms with van der Waals surface area (Å²) in [6.45, 7) is 9.79. The van der Waals surface area contributed by atoms with Crippen LogP contribution < -0.4 is 9.80 Å². The standard InChI is InChI=1S/C22H27N6O3S3/c1-7-29-8-2-26(1)20-23-13-16(32-20)19(17-14-24-21(33-17)27-3-9-30-10-4-27)18-15-25-22(34-18)28-5-11-31-12-6-28/h13-15H,1-12H2/q+1. The van der Waals surface area contributed by atoms with E-state index in [0.29, 0.717) is 0 Å². The average molecular weight is 520 g/mol. The Labute approximate surface area is 210 Å². The molecule has 0 amide bonds. The molecule has 0 aliphatic carbocycles. The summed E-state index contributed by atoms with van der Waals surface area (Å²) in [6, 6.07) is 0. The zero-order chi connectivity index (χ0) is 22.7. The van der Waals surface area contributed by atoms with Gasteiger partial charge in [0.1, 0.15) is 13.1 Å². The number of rotatable bonds is 4. The first-order valence-corrected chi connectivity index (χ1v) is 14.0. The van der Waals surface area contributed by atoms with Gasteiger partial charge in [0.15, 0.2) is 16.5 Å². The molecular weight excluding hydrogens is 492 g/mol. The van der Waals surface area contributed by atoms with E-state index in [-0.39, 0.29) is 0 Å². The van der Waals surface area contributed by atoms with E-state index in [9.17, 15) is 0 Å². The predicted molar refractivity (Wildman–Crippen MR) is 138 cm³/mol. The van der Waals surface area contributed by atoms with E-state index in [0.717, 1.165) is 109 Å². The fourth-order valence-electron chi connectivity index (χ4n) is 4.21. The quantitative estimate of drug-likeness (QED) is 0.570. The van der Waals surface area contributed by atoms with Gasteiger partial charge in [-0.05, 0) is 4.99 Å². The van der Waals surface area contributed by atoms with Crippen molar-refractivity contribution in [1.82, 2.24) is 9.97 Å². The van der Waals surface area contributed by atoms with Crippen molar-refractivity contribution in [2.24, 2.45) is 4.99 Å². The summed E-state index contributed by atoms with van der Waals surface area (Å²) in [4.78, 5) is 22.4. The number of amidine groups is 1. The van der Waals surface area contributed by atoms with Crippen LogP contribution in [0.5, 0.6) is 0 Å². The Hall–Kier alpha value is -1.83. The van der Waals surface area contributed by atoms with Crippen molar-refractivity contribution in [2.75, 3.05) is 88.7 Å². The summed E-state index contributed by atoms with van der Waals surface area (Å²) < 4.78 is 18.9. The molecule has 34 heavy (non-hydrogen) atoms. The van der Waals surface area contributed by atoms with Crippen LogP contribution >= 0.6 is 34.4 Å². The Kier molecular flexibility index (Phi) is 6.94. The molecule has 0 atom stereocenters. The molecule has 180 valence electrons. The highest BCUT2D eigenvalue weighted by molar-refractivity contribution is 8.18. The van der Waals surface area contributed by atoms with Crippen LogP contribution in [0.25, 0.3) is 5.57 Å².